The molecule has 174 valence electrons. The van der Waals surface area contributed by atoms with Gasteiger partial charge in [-0.2, -0.15) is 5.26 Å². The first-order valence-electron chi connectivity index (χ1n) is 11.2. The van der Waals surface area contributed by atoms with Crippen LogP contribution >= 0.6 is 23.4 Å². The standard InChI is InChI=1S/C25H20ClN7OS/c26-17-5-3-6-18-21(17)25(34)33(19-7-2-1-4-15(19)14-8-9-14)24(31-18)20-11-35-13-32(20)23-16(10-27)22(28)29-12-30-23/h1-7,12,14,20H,8-9,11,13H2,(H2,28,29,30). The second-order valence-electron chi connectivity index (χ2n) is 8.63. The third-order valence-corrected chi connectivity index (χ3v) is 7.82. The highest BCUT2D eigenvalue weighted by Gasteiger charge is 2.35. The predicted octanol–water partition coefficient (Wildman–Crippen LogP) is 4.41. The number of hydrogen-bond donors (Lipinski definition) is 1. The Morgan fingerprint density at radius 3 is 2.77 bits per heavy atom. The van der Waals surface area contributed by atoms with Gasteiger partial charge in [0.2, 0.25) is 0 Å². The van der Waals surface area contributed by atoms with Crippen LogP contribution < -0.4 is 16.2 Å². The van der Waals surface area contributed by atoms with Crippen molar-refractivity contribution in [1.29, 1.82) is 5.26 Å². The van der Waals surface area contributed by atoms with Gasteiger partial charge in [-0.1, -0.05) is 35.9 Å². The first-order chi connectivity index (χ1) is 17.1. The van der Waals surface area contributed by atoms with Gasteiger partial charge in [-0.05, 0) is 42.5 Å². The van der Waals surface area contributed by atoms with Crippen molar-refractivity contribution in [2.45, 2.75) is 24.8 Å². The van der Waals surface area contributed by atoms with Gasteiger partial charge in [0.05, 0.1) is 33.5 Å². The Bertz CT molecular complexity index is 1580. The lowest BCUT2D eigenvalue weighted by atomic mass is 10.1. The third kappa shape index (κ3) is 3.61. The number of fused-ring (bicyclic) bond motifs is 1. The van der Waals surface area contributed by atoms with Gasteiger partial charge in [-0.15, -0.1) is 11.8 Å². The fourth-order valence-electron chi connectivity index (χ4n) is 4.67. The van der Waals surface area contributed by atoms with Gasteiger partial charge in [0.1, 0.15) is 29.6 Å². The zero-order valence-electron chi connectivity index (χ0n) is 18.6. The quantitative estimate of drug-likeness (QED) is 0.437. The number of nitrogen functional groups attached to an aromatic ring is 1. The van der Waals surface area contributed by atoms with Crippen LogP contribution in [0.5, 0.6) is 0 Å². The summed E-state index contributed by atoms with van der Waals surface area (Å²) < 4.78 is 1.71. The van der Waals surface area contributed by atoms with E-state index >= 15 is 0 Å². The van der Waals surface area contributed by atoms with Crippen LogP contribution in [0.1, 0.15) is 41.8 Å². The van der Waals surface area contributed by atoms with Crippen LogP contribution in [0.4, 0.5) is 11.6 Å². The summed E-state index contributed by atoms with van der Waals surface area (Å²) in [5.74, 6) is 2.82. The summed E-state index contributed by atoms with van der Waals surface area (Å²) >= 11 is 8.18. The van der Waals surface area contributed by atoms with Crippen molar-refractivity contribution in [1.82, 2.24) is 19.5 Å². The molecule has 2 fully saturated rings. The molecule has 2 aromatic heterocycles. The summed E-state index contributed by atoms with van der Waals surface area (Å²) in [4.78, 5) is 29.4. The van der Waals surface area contributed by atoms with E-state index in [9.17, 15) is 10.1 Å². The highest BCUT2D eigenvalue weighted by atomic mass is 35.5. The molecule has 2 aliphatic rings. The molecule has 0 spiro atoms. The fraction of sp³-hybridized carbons (Fsp3) is 0.240. The van der Waals surface area contributed by atoms with Crippen LogP contribution in [-0.4, -0.2) is 31.1 Å². The van der Waals surface area contributed by atoms with E-state index < -0.39 is 0 Å². The summed E-state index contributed by atoms with van der Waals surface area (Å²) in [5.41, 5.74) is 8.49. The summed E-state index contributed by atoms with van der Waals surface area (Å²) in [6.07, 6.45) is 3.55. The Kier molecular flexibility index (Phi) is 5.35. The van der Waals surface area contributed by atoms with Gasteiger partial charge in [0.25, 0.3) is 5.56 Å². The number of nitrogens with two attached hydrogens (primary N) is 1. The normalized spacial score (nSPS) is 17.6. The minimum Gasteiger partial charge on any atom is -0.382 e. The van der Waals surface area contributed by atoms with Gasteiger partial charge >= 0.3 is 0 Å². The number of hydrogen-bond acceptors (Lipinski definition) is 8. The van der Waals surface area contributed by atoms with E-state index in [-0.39, 0.29) is 23.0 Å². The van der Waals surface area contributed by atoms with Crippen LogP contribution in [0.15, 0.2) is 53.6 Å². The Morgan fingerprint density at radius 2 is 1.97 bits per heavy atom. The molecule has 1 aliphatic heterocycles. The second-order valence-corrected chi connectivity index (χ2v) is 10.0. The Labute approximate surface area is 210 Å². The maximum atomic E-state index is 14.1. The average molecular weight is 502 g/mol. The zero-order valence-corrected chi connectivity index (χ0v) is 20.1. The summed E-state index contributed by atoms with van der Waals surface area (Å²) in [5, 5.41) is 10.5. The first-order valence-corrected chi connectivity index (χ1v) is 12.8. The monoisotopic (exact) mass is 501 g/mol. The number of nitrogens with zero attached hydrogens (tertiary/aromatic N) is 6. The molecule has 2 aromatic carbocycles. The van der Waals surface area contributed by atoms with E-state index in [1.165, 1.54) is 6.33 Å². The lowest BCUT2D eigenvalue weighted by Gasteiger charge is -2.28. The molecule has 0 amide bonds. The number of benzene rings is 2. The van der Waals surface area contributed by atoms with Crippen molar-refractivity contribution in [3.63, 3.8) is 0 Å². The minimum absolute atomic E-state index is 0.128. The maximum Gasteiger partial charge on any atom is 0.267 e. The smallest absolute Gasteiger partial charge is 0.267 e. The molecule has 6 rings (SSSR count). The third-order valence-electron chi connectivity index (χ3n) is 6.49. The molecule has 0 bridgehead atoms. The van der Waals surface area contributed by atoms with Crippen LogP contribution in [0, 0.1) is 11.3 Å². The van der Waals surface area contributed by atoms with Crippen molar-refractivity contribution in [3.8, 4) is 11.8 Å². The van der Waals surface area contributed by atoms with Crippen molar-refractivity contribution in [3.05, 3.63) is 81.1 Å². The number of rotatable bonds is 4. The van der Waals surface area contributed by atoms with Crippen LogP contribution in [0.3, 0.4) is 0 Å². The highest BCUT2D eigenvalue weighted by molar-refractivity contribution is 7.99. The van der Waals surface area contributed by atoms with Gasteiger partial charge < -0.3 is 10.6 Å². The second kappa shape index (κ2) is 8.56. The number of aromatic nitrogens is 4. The topological polar surface area (TPSA) is 114 Å². The molecule has 3 heterocycles. The maximum absolute atomic E-state index is 14.1. The number of nitriles is 1. The highest BCUT2D eigenvalue weighted by Crippen LogP contribution is 2.44. The first kappa shape index (κ1) is 21.9. The van der Waals surface area contributed by atoms with Crippen molar-refractivity contribution < 1.29 is 0 Å². The number of halogens is 1. The molecule has 2 N–H and O–H groups in total. The molecule has 1 atom stereocenters. The Hall–Kier alpha value is -3.61. The molecule has 1 aliphatic carbocycles. The molecule has 1 unspecified atom stereocenters. The lowest BCUT2D eigenvalue weighted by molar-refractivity contribution is 0.664. The van der Waals surface area contributed by atoms with Gasteiger partial charge in [-0.3, -0.25) is 9.36 Å². The van der Waals surface area contributed by atoms with E-state index in [1.54, 1.807) is 34.5 Å². The molecule has 1 saturated heterocycles. The fourth-order valence-corrected chi connectivity index (χ4v) is 6.08. The summed E-state index contributed by atoms with van der Waals surface area (Å²) in [6, 6.07) is 15.1. The lowest BCUT2D eigenvalue weighted by Crippen LogP contribution is -2.33. The van der Waals surface area contributed by atoms with E-state index in [4.69, 9.17) is 22.3 Å². The molecular formula is C25H20ClN7OS. The zero-order chi connectivity index (χ0) is 24.1. The van der Waals surface area contributed by atoms with Crippen molar-refractivity contribution in [2.75, 3.05) is 22.3 Å². The molecule has 1 saturated carbocycles. The molecular weight excluding hydrogens is 482 g/mol. The van der Waals surface area contributed by atoms with E-state index in [1.807, 2.05) is 23.1 Å². The Balaban J connectivity index is 1.63. The van der Waals surface area contributed by atoms with E-state index in [2.05, 4.69) is 22.1 Å². The van der Waals surface area contributed by atoms with Gasteiger partial charge in [0.15, 0.2) is 5.82 Å². The largest absolute Gasteiger partial charge is 0.382 e. The minimum atomic E-state index is -0.315. The van der Waals surface area contributed by atoms with Crippen LogP contribution in [0.25, 0.3) is 16.6 Å². The molecule has 0 radical (unpaired) electrons. The number of thioether (sulfide) groups is 1. The number of anilines is 2. The van der Waals surface area contributed by atoms with E-state index in [0.717, 1.165) is 24.1 Å². The number of para-hydroxylation sites is 1. The SMILES string of the molecule is N#Cc1c(N)ncnc1N1CSCC1c1nc2cccc(Cl)c2c(=O)n1-c1ccccc1C1CC1. The average Bonchev–Trinajstić information content (AvgIpc) is 3.60. The van der Waals surface area contributed by atoms with Crippen molar-refractivity contribution in [2.24, 2.45) is 0 Å². The molecule has 4 aromatic rings. The summed E-state index contributed by atoms with van der Waals surface area (Å²) in [6.45, 7) is 0. The van der Waals surface area contributed by atoms with E-state index in [0.29, 0.717) is 45.1 Å². The molecule has 35 heavy (non-hydrogen) atoms. The molecule has 10 heteroatoms. The Morgan fingerprint density at radius 1 is 1.14 bits per heavy atom. The molecule has 8 nitrogen and oxygen atoms in total. The van der Waals surface area contributed by atoms with Crippen LogP contribution in [-0.2, 0) is 0 Å². The van der Waals surface area contributed by atoms with Gasteiger partial charge in [-0.25, -0.2) is 15.0 Å². The summed E-state index contributed by atoms with van der Waals surface area (Å²) in [7, 11) is 0. The van der Waals surface area contributed by atoms with Gasteiger partial charge in [0, 0.05) is 5.75 Å². The van der Waals surface area contributed by atoms with Crippen LogP contribution in [0.2, 0.25) is 5.02 Å². The predicted molar refractivity (Wildman–Crippen MR) is 138 cm³/mol. The van der Waals surface area contributed by atoms with Crippen molar-refractivity contribution >= 4 is 45.9 Å².